The number of carbonyl (C=O) groups excluding carboxylic acids is 2. The number of nitrogens with one attached hydrogen (secondary N) is 1. The quantitative estimate of drug-likeness (QED) is 0.586. The molecule has 0 aliphatic carbocycles. The van der Waals surface area contributed by atoms with E-state index in [2.05, 4.69) is 10.3 Å². The lowest BCUT2D eigenvalue weighted by Crippen LogP contribution is -2.31. The molecule has 1 heterocycles. The number of ether oxygens (including phenoxy) is 2. The normalized spacial score (nSPS) is 11.6. The number of thiazole rings is 1. The number of rotatable bonds is 7. The number of aromatic nitrogens is 1. The number of amides is 1. The number of halogens is 2. The minimum absolute atomic E-state index is 0.234. The highest BCUT2D eigenvalue weighted by Gasteiger charge is 2.20. The van der Waals surface area contributed by atoms with Gasteiger partial charge >= 0.3 is 5.97 Å². The number of esters is 1. The molecular weight excluding hydrogens is 402 g/mol. The highest BCUT2D eigenvalue weighted by Crippen LogP contribution is 2.26. The maximum atomic E-state index is 13.4. The summed E-state index contributed by atoms with van der Waals surface area (Å²) in [5.41, 5.74) is 0.753. The molecule has 0 radical (unpaired) electrons. The monoisotopic (exact) mass is 418 g/mol. The predicted molar refractivity (Wildman–Crippen MR) is 104 cm³/mol. The van der Waals surface area contributed by atoms with Gasteiger partial charge in [-0.25, -0.2) is 18.6 Å². The third-order valence-corrected chi connectivity index (χ3v) is 4.48. The molecule has 3 rings (SSSR count). The molecule has 29 heavy (non-hydrogen) atoms. The molecule has 6 nitrogen and oxygen atoms in total. The van der Waals surface area contributed by atoms with E-state index in [0.717, 1.165) is 23.5 Å². The summed E-state index contributed by atoms with van der Waals surface area (Å²) in [5.74, 6) is -2.71. The molecule has 0 spiro atoms. The predicted octanol–water partition coefficient (Wildman–Crippen LogP) is 4.04. The Bertz CT molecular complexity index is 1010. The van der Waals surface area contributed by atoms with Crippen LogP contribution < -0.4 is 10.1 Å². The van der Waals surface area contributed by atoms with Gasteiger partial charge in [0.2, 0.25) is 0 Å². The number of para-hydroxylation sites is 1. The number of hydrogen-bond acceptors (Lipinski definition) is 6. The van der Waals surface area contributed by atoms with Crippen molar-refractivity contribution in [2.75, 3.05) is 11.9 Å². The number of benzene rings is 2. The summed E-state index contributed by atoms with van der Waals surface area (Å²) in [7, 11) is 0. The Balaban J connectivity index is 1.52. The lowest BCUT2D eigenvalue weighted by Gasteiger charge is -2.12. The summed E-state index contributed by atoms with van der Waals surface area (Å²) in [6.07, 6.45) is -1.07. The third-order valence-electron chi connectivity index (χ3n) is 3.73. The van der Waals surface area contributed by atoms with Crippen molar-refractivity contribution in [2.45, 2.75) is 13.0 Å². The van der Waals surface area contributed by atoms with Gasteiger partial charge in [-0.1, -0.05) is 18.2 Å². The van der Waals surface area contributed by atoms with Crippen LogP contribution in [0.4, 0.5) is 13.9 Å². The van der Waals surface area contributed by atoms with Crippen LogP contribution in [0, 0.1) is 11.6 Å². The topological polar surface area (TPSA) is 77.5 Å². The molecule has 0 bridgehead atoms. The fourth-order valence-electron chi connectivity index (χ4n) is 2.27. The summed E-state index contributed by atoms with van der Waals surface area (Å²) in [6.45, 7) is 1.08. The van der Waals surface area contributed by atoms with Crippen LogP contribution in [0.25, 0.3) is 11.3 Å². The second kappa shape index (κ2) is 9.24. The molecule has 3 aromatic rings. The van der Waals surface area contributed by atoms with Gasteiger partial charge in [-0.3, -0.25) is 10.1 Å². The van der Waals surface area contributed by atoms with Crippen LogP contribution in [-0.4, -0.2) is 29.6 Å². The molecule has 0 aliphatic rings. The highest BCUT2D eigenvalue weighted by atomic mass is 32.1. The van der Waals surface area contributed by atoms with Gasteiger partial charge in [0.1, 0.15) is 5.75 Å². The van der Waals surface area contributed by atoms with Crippen molar-refractivity contribution in [1.82, 2.24) is 4.98 Å². The second-order valence-corrected chi connectivity index (χ2v) is 6.75. The van der Waals surface area contributed by atoms with E-state index in [1.165, 1.54) is 13.0 Å². The van der Waals surface area contributed by atoms with Crippen molar-refractivity contribution >= 4 is 28.3 Å². The Kier molecular flexibility index (Phi) is 6.50. The molecule has 1 atom stereocenters. The standard InChI is InChI=1S/C20H16F2N2O4S/c1-12(28-18(25)10-27-14-5-3-2-4-6-14)19(26)24-20-23-17(11-29-20)13-7-8-15(21)16(22)9-13/h2-9,11-12H,10H2,1H3,(H,23,24,26). The molecule has 1 unspecified atom stereocenters. The van der Waals surface area contributed by atoms with E-state index in [4.69, 9.17) is 9.47 Å². The first-order valence-electron chi connectivity index (χ1n) is 8.51. The fraction of sp³-hybridized carbons (Fsp3) is 0.150. The zero-order valence-electron chi connectivity index (χ0n) is 15.2. The smallest absolute Gasteiger partial charge is 0.344 e. The van der Waals surface area contributed by atoms with Gasteiger partial charge in [-0.05, 0) is 37.3 Å². The average molecular weight is 418 g/mol. The lowest BCUT2D eigenvalue weighted by atomic mass is 10.2. The van der Waals surface area contributed by atoms with Gasteiger partial charge in [0.25, 0.3) is 5.91 Å². The summed E-state index contributed by atoms with van der Waals surface area (Å²) < 4.78 is 36.7. The first-order valence-corrected chi connectivity index (χ1v) is 9.39. The van der Waals surface area contributed by atoms with Crippen LogP contribution >= 0.6 is 11.3 Å². The highest BCUT2D eigenvalue weighted by molar-refractivity contribution is 7.14. The molecule has 1 aromatic heterocycles. The van der Waals surface area contributed by atoms with Crippen molar-refractivity contribution < 1.29 is 27.8 Å². The molecule has 1 amide bonds. The fourth-order valence-corrected chi connectivity index (χ4v) is 2.99. The van der Waals surface area contributed by atoms with Crippen LogP contribution in [0.3, 0.4) is 0 Å². The van der Waals surface area contributed by atoms with Gasteiger partial charge in [-0.2, -0.15) is 0 Å². The number of nitrogens with zero attached hydrogens (tertiary/aromatic N) is 1. The van der Waals surface area contributed by atoms with Crippen molar-refractivity contribution in [3.63, 3.8) is 0 Å². The maximum absolute atomic E-state index is 13.4. The molecule has 0 aliphatic heterocycles. The first kappa shape index (κ1) is 20.4. The van der Waals surface area contributed by atoms with Gasteiger partial charge in [0, 0.05) is 10.9 Å². The zero-order valence-corrected chi connectivity index (χ0v) is 16.0. The van der Waals surface area contributed by atoms with Gasteiger partial charge < -0.3 is 9.47 Å². The zero-order chi connectivity index (χ0) is 20.8. The SMILES string of the molecule is CC(OC(=O)COc1ccccc1)C(=O)Nc1nc(-c2ccc(F)c(F)c2)cs1. The Hall–Kier alpha value is -3.33. The van der Waals surface area contributed by atoms with E-state index in [1.54, 1.807) is 29.6 Å². The van der Waals surface area contributed by atoms with Crippen LogP contribution in [-0.2, 0) is 14.3 Å². The summed E-state index contributed by atoms with van der Waals surface area (Å²) in [6, 6.07) is 12.1. The van der Waals surface area contributed by atoms with Crippen LogP contribution in [0.15, 0.2) is 53.9 Å². The first-order chi connectivity index (χ1) is 13.9. The van der Waals surface area contributed by atoms with Crippen LogP contribution in [0.1, 0.15) is 6.92 Å². The van der Waals surface area contributed by atoms with Gasteiger partial charge in [-0.15, -0.1) is 11.3 Å². The number of carbonyl (C=O) groups is 2. The Morgan fingerprint density at radius 1 is 1.14 bits per heavy atom. The van der Waals surface area contributed by atoms with Crippen molar-refractivity contribution in [3.05, 3.63) is 65.5 Å². The Morgan fingerprint density at radius 3 is 2.62 bits per heavy atom. The molecule has 1 N–H and O–H groups in total. The third kappa shape index (κ3) is 5.58. The largest absolute Gasteiger partial charge is 0.482 e. The average Bonchev–Trinajstić information content (AvgIpc) is 3.17. The van der Waals surface area contributed by atoms with Crippen molar-refractivity contribution in [2.24, 2.45) is 0 Å². The minimum Gasteiger partial charge on any atom is -0.482 e. The number of hydrogen-bond donors (Lipinski definition) is 1. The Labute approximate surface area is 169 Å². The van der Waals surface area contributed by atoms with E-state index in [1.807, 2.05) is 6.07 Å². The van der Waals surface area contributed by atoms with Crippen molar-refractivity contribution in [3.8, 4) is 17.0 Å². The molecular formula is C20H16F2N2O4S. The van der Waals surface area contributed by atoms with Gasteiger partial charge in [0.15, 0.2) is 29.5 Å². The van der Waals surface area contributed by atoms with E-state index >= 15 is 0 Å². The van der Waals surface area contributed by atoms with E-state index in [9.17, 15) is 18.4 Å². The van der Waals surface area contributed by atoms with Crippen LogP contribution in [0.2, 0.25) is 0 Å². The summed E-state index contributed by atoms with van der Waals surface area (Å²) in [5, 5.41) is 4.34. The number of anilines is 1. The molecule has 2 aromatic carbocycles. The van der Waals surface area contributed by atoms with E-state index in [-0.39, 0.29) is 11.7 Å². The lowest BCUT2D eigenvalue weighted by molar-refractivity contribution is -0.155. The van der Waals surface area contributed by atoms with Gasteiger partial charge in [0.05, 0.1) is 5.69 Å². The Morgan fingerprint density at radius 2 is 1.90 bits per heavy atom. The molecule has 0 saturated carbocycles. The van der Waals surface area contributed by atoms with E-state index in [0.29, 0.717) is 17.0 Å². The van der Waals surface area contributed by atoms with Crippen LogP contribution in [0.5, 0.6) is 5.75 Å². The van der Waals surface area contributed by atoms with E-state index < -0.39 is 29.6 Å². The maximum Gasteiger partial charge on any atom is 0.344 e. The molecule has 9 heteroatoms. The van der Waals surface area contributed by atoms with Crippen molar-refractivity contribution in [1.29, 1.82) is 0 Å². The molecule has 0 fully saturated rings. The molecule has 150 valence electrons. The second-order valence-electron chi connectivity index (χ2n) is 5.89. The minimum atomic E-state index is -1.07. The summed E-state index contributed by atoms with van der Waals surface area (Å²) in [4.78, 5) is 28.2. The summed E-state index contributed by atoms with van der Waals surface area (Å²) >= 11 is 1.10. The molecule has 0 saturated heterocycles.